The number of nitrogens with zero attached hydrogens (tertiary/aromatic N) is 2. The average molecular weight is 432 g/mol. The van der Waals surface area contributed by atoms with Crippen molar-refractivity contribution in [2.75, 3.05) is 5.32 Å². The first-order chi connectivity index (χ1) is 15.1. The van der Waals surface area contributed by atoms with Crippen molar-refractivity contribution in [2.45, 2.75) is 19.4 Å². The van der Waals surface area contributed by atoms with Gasteiger partial charge in [-0.15, -0.1) is 0 Å². The molecule has 0 saturated heterocycles. The predicted octanol–water partition coefficient (Wildman–Crippen LogP) is 5.99. The van der Waals surface area contributed by atoms with Gasteiger partial charge in [0.05, 0.1) is 11.4 Å². The van der Waals surface area contributed by atoms with E-state index in [1.165, 1.54) is 0 Å². The molecule has 0 saturated carbocycles. The highest BCUT2D eigenvalue weighted by Gasteiger charge is 2.21. The fourth-order valence-electron chi connectivity index (χ4n) is 3.22. The lowest BCUT2D eigenvalue weighted by molar-refractivity contribution is -0.122. The summed E-state index contributed by atoms with van der Waals surface area (Å²) in [5.74, 6) is 0.975. The molecule has 6 heteroatoms. The molecule has 0 aliphatic carbocycles. The molecule has 4 rings (SSSR count). The Labute approximate surface area is 186 Å². The van der Waals surface area contributed by atoms with E-state index in [0.717, 1.165) is 11.3 Å². The summed E-state index contributed by atoms with van der Waals surface area (Å²) >= 11 is 6.16. The Morgan fingerprint density at radius 3 is 2.39 bits per heavy atom. The number of carbonyl (C=O) groups is 1. The zero-order valence-corrected chi connectivity index (χ0v) is 17.8. The summed E-state index contributed by atoms with van der Waals surface area (Å²) in [7, 11) is 0. The number of anilines is 1. The largest absolute Gasteiger partial charge is 0.481 e. The summed E-state index contributed by atoms with van der Waals surface area (Å²) in [4.78, 5) is 13.0. The summed E-state index contributed by atoms with van der Waals surface area (Å²) in [6.07, 6.45) is -0.0995. The Morgan fingerprint density at radius 1 is 1.00 bits per heavy atom. The van der Waals surface area contributed by atoms with Crippen LogP contribution in [0.4, 0.5) is 5.82 Å². The molecule has 3 aromatic carbocycles. The summed E-state index contributed by atoms with van der Waals surface area (Å²) < 4.78 is 7.60. The number of nitrogens with one attached hydrogen (secondary N) is 1. The van der Waals surface area contributed by atoms with Crippen LogP contribution >= 0.6 is 11.6 Å². The molecule has 1 heterocycles. The molecule has 1 atom stereocenters. The first-order valence-electron chi connectivity index (χ1n) is 10.1. The summed E-state index contributed by atoms with van der Waals surface area (Å²) in [6.45, 7) is 1.92. The first-order valence-corrected chi connectivity index (χ1v) is 10.5. The quantitative estimate of drug-likeness (QED) is 0.391. The first kappa shape index (κ1) is 20.7. The van der Waals surface area contributed by atoms with Crippen LogP contribution in [0.2, 0.25) is 5.02 Å². The predicted molar refractivity (Wildman–Crippen MR) is 124 cm³/mol. The highest BCUT2D eigenvalue weighted by Crippen LogP contribution is 2.27. The maximum Gasteiger partial charge on any atom is 0.266 e. The third-order valence-corrected chi connectivity index (χ3v) is 5.00. The molecule has 0 fully saturated rings. The minimum Gasteiger partial charge on any atom is -0.481 e. The number of halogens is 1. The lowest BCUT2D eigenvalue weighted by Crippen LogP contribution is -2.33. The highest BCUT2D eigenvalue weighted by molar-refractivity contribution is 6.30. The third-order valence-electron chi connectivity index (χ3n) is 4.77. The van der Waals surface area contributed by atoms with Crippen molar-refractivity contribution in [1.82, 2.24) is 9.78 Å². The number of carbonyl (C=O) groups excluding carboxylic acids is 1. The van der Waals surface area contributed by atoms with Gasteiger partial charge in [-0.3, -0.25) is 4.79 Å². The van der Waals surface area contributed by atoms with Crippen molar-refractivity contribution in [3.8, 4) is 22.7 Å². The van der Waals surface area contributed by atoms with Gasteiger partial charge >= 0.3 is 0 Å². The second-order valence-corrected chi connectivity index (χ2v) is 7.43. The molecule has 0 aliphatic rings. The molecule has 0 spiro atoms. The highest BCUT2D eigenvalue weighted by atomic mass is 35.5. The van der Waals surface area contributed by atoms with E-state index in [-0.39, 0.29) is 5.91 Å². The Hall–Kier alpha value is -3.57. The summed E-state index contributed by atoms with van der Waals surface area (Å²) in [6, 6.07) is 28.3. The number of hydrogen-bond donors (Lipinski definition) is 1. The number of ether oxygens (including phenoxy) is 1. The van der Waals surface area contributed by atoms with Crippen LogP contribution in [0.25, 0.3) is 16.9 Å². The van der Waals surface area contributed by atoms with Crippen LogP contribution < -0.4 is 10.1 Å². The number of amides is 1. The maximum absolute atomic E-state index is 13.0. The van der Waals surface area contributed by atoms with Crippen LogP contribution in [0.15, 0.2) is 91.0 Å². The Morgan fingerprint density at radius 2 is 1.71 bits per heavy atom. The van der Waals surface area contributed by atoms with Gasteiger partial charge in [-0.25, -0.2) is 4.68 Å². The molecule has 0 aliphatic heterocycles. The van der Waals surface area contributed by atoms with Gasteiger partial charge in [0.2, 0.25) is 0 Å². The molecule has 31 heavy (non-hydrogen) atoms. The van der Waals surface area contributed by atoms with Crippen LogP contribution in [0.1, 0.15) is 13.3 Å². The van der Waals surface area contributed by atoms with Gasteiger partial charge in [-0.2, -0.15) is 5.10 Å². The van der Waals surface area contributed by atoms with Gasteiger partial charge in [-0.05, 0) is 42.8 Å². The SMILES string of the molecule is CC[C@H](Oc1ccccc1)C(=O)Nc1cc(-c2cccc(Cl)c2)nn1-c1ccccc1. The average Bonchev–Trinajstić information content (AvgIpc) is 3.22. The van der Waals surface area contributed by atoms with Crippen LogP contribution in [-0.4, -0.2) is 21.8 Å². The van der Waals surface area contributed by atoms with E-state index in [2.05, 4.69) is 5.32 Å². The van der Waals surface area contributed by atoms with Crippen molar-refractivity contribution in [3.05, 3.63) is 96.0 Å². The normalized spacial score (nSPS) is 11.7. The monoisotopic (exact) mass is 431 g/mol. The van der Waals surface area contributed by atoms with Crippen LogP contribution in [0, 0.1) is 0 Å². The van der Waals surface area contributed by atoms with E-state index in [1.54, 1.807) is 4.68 Å². The molecule has 1 aromatic heterocycles. The van der Waals surface area contributed by atoms with Crippen LogP contribution in [0.3, 0.4) is 0 Å². The second-order valence-electron chi connectivity index (χ2n) is 6.99. The lowest BCUT2D eigenvalue weighted by atomic mass is 10.1. The van der Waals surface area contributed by atoms with Crippen molar-refractivity contribution in [1.29, 1.82) is 0 Å². The molecular formula is C25H22ClN3O2. The molecule has 0 unspecified atom stereocenters. The standard InChI is InChI=1S/C25H22ClN3O2/c1-2-23(31-21-14-7-4-8-15-21)25(30)27-24-17-22(18-10-9-11-19(26)16-18)28-29(24)20-12-5-3-6-13-20/h3-17,23H,2H2,1H3,(H,27,30)/t23-/m0/s1. The number of aromatic nitrogens is 2. The molecule has 1 amide bonds. The van der Waals surface area contributed by atoms with E-state index in [0.29, 0.717) is 28.7 Å². The number of benzene rings is 3. The Bertz CT molecular complexity index is 1160. The van der Waals surface area contributed by atoms with E-state index < -0.39 is 6.10 Å². The van der Waals surface area contributed by atoms with Gasteiger partial charge in [-0.1, -0.05) is 67.1 Å². The minimum absolute atomic E-state index is 0.235. The van der Waals surface area contributed by atoms with Gasteiger partial charge in [0.1, 0.15) is 11.6 Å². The lowest BCUT2D eigenvalue weighted by Gasteiger charge is -2.17. The minimum atomic E-state index is -0.629. The van der Waals surface area contributed by atoms with Crippen LogP contribution in [0.5, 0.6) is 5.75 Å². The fourth-order valence-corrected chi connectivity index (χ4v) is 3.41. The van der Waals surface area contributed by atoms with Gasteiger partial charge in [0, 0.05) is 16.7 Å². The van der Waals surface area contributed by atoms with E-state index in [9.17, 15) is 4.79 Å². The zero-order chi connectivity index (χ0) is 21.6. The second kappa shape index (κ2) is 9.49. The molecule has 4 aromatic rings. The van der Waals surface area contributed by atoms with Crippen molar-refractivity contribution in [2.24, 2.45) is 0 Å². The summed E-state index contributed by atoms with van der Waals surface area (Å²) in [5.41, 5.74) is 2.41. The molecular weight excluding hydrogens is 410 g/mol. The topological polar surface area (TPSA) is 56.1 Å². The van der Waals surface area contributed by atoms with Crippen LogP contribution in [-0.2, 0) is 4.79 Å². The molecule has 1 N–H and O–H groups in total. The molecule has 0 radical (unpaired) electrons. The fraction of sp³-hybridized carbons (Fsp3) is 0.120. The maximum atomic E-state index is 13.0. The van der Waals surface area contributed by atoms with E-state index in [4.69, 9.17) is 21.4 Å². The molecule has 5 nitrogen and oxygen atoms in total. The Kier molecular flexibility index (Phi) is 6.34. The van der Waals surface area contributed by atoms with Crippen molar-refractivity contribution < 1.29 is 9.53 Å². The zero-order valence-electron chi connectivity index (χ0n) is 17.0. The number of para-hydroxylation sites is 2. The number of rotatable bonds is 7. The smallest absolute Gasteiger partial charge is 0.266 e. The van der Waals surface area contributed by atoms with Gasteiger partial charge in [0.25, 0.3) is 5.91 Å². The molecule has 0 bridgehead atoms. The third kappa shape index (κ3) is 4.95. The Balaban J connectivity index is 1.65. The van der Waals surface area contributed by atoms with E-state index in [1.807, 2.05) is 97.9 Å². The van der Waals surface area contributed by atoms with E-state index >= 15 is 0 Å². The summed E-state index contributed by atoms with van der Waals surface area (Å²) in [5, 5.41) is 8.33. The number of hydrogen-bond acceptors (Lipinski definition) is 3. The molecule has 156 valence electrons. The van der Waals surface area contributed by atoms with Crippen molar-refractivity contribution in [3.63, 3.8) is 0 Å². The van der Waals surface area contributed by atoms with Gasteiger partial charge in [0.15, 0.2) is 6.10 Å². The van der Waals surface area contributed by atoms with Gasteiger partial charge < -0.3 is 10.1 Å². The van der Waals surface area contributed by atoms with Crippen molar-refractivity contribution >= 4 is 23.3 Å².